The van der Waals surface area contributed by atoms with Crippen molar-refractivity contribution in [2.24, 2.45) is 5.92 Å². The van der Waals surface area contributed by atoms with E-state index in [2.05, 4.69) is 10.6 Å². The number of nitrogens with one attached hydrogen (secondary N) is 2. The minimum absolute atomic E-state index is 0.00655. The standard InChI is InChI=1S/C25H22FN3O3/c1-16-19(25(32)27-18-8-3-2-4-9-18)10-7-12-21(16)28-24(31)17-14-23(30)29(15-17)22-13-6-5-11-20(22)26/h2-13,17H,14-15H2,1H3,(H,27,32)(H,28,31). The fourth-order valence-electron chi connectivity index (χ4n) is 3.76. The molecule has 162 valence electrons. The highest BCUT2D eigenvalue weighted by Crippen LogP contribution is 2.29. The highest BCUT2D eigenvalue weighted by Gasteiger charge is 2.36. The van der Waals surface area contributed by atoms with Crippen LogP contribution in [-0.2, 0) is 9.59 Å². The van der Waals surface area contributed by atoms with Crippen molar-refractivity contribution < 1.29 is 18.8 Å². The lowest BCUT2D eigenvalue weighted by molar-refractivity contribution is -0.122. The lowest BCUT2D eigenvalue weighted by atomic mass is 10.0. The minimum Gasteiger partial charge on any atom is -0.326 e. The normalized spacial score (nSPS) is 15.5. The fourth-order valence-corrected chi connectivity index (χ4v) is 3.76. The van der Waals surface area contributed by atoms with Gasteiger partial charge < -0.3 is 15.5 Å². The van der Waals surface area contributed by atoms with Crippen LogP contribution in [0.4, 0.5) is 21.5 Å². The van der Waals surface area contributed by atoms with Crippen LogP contribution in [0.15, 0.2) is 72.8 Å². The third-order valence-corrected chi connectivity index (χ3v) is 5.51. The molecule has 1 fully saturated rings. The maximum absolute atomic E-state index is 14.1. The number of carbonyl (C=O) groups excluding carboxylic acids is 3. The topological polar surface area (TPSA) is 78.5 Å². The molecule has 1 saturated heterocycles. The van der Waals surface area contributed by atoms with Gasteiger partial charge in [-0.25, -0.2) is 4.39 Å². The Morgan fingerprint density at radius 1 is 0.938 bits per heavy atom. The van der Waals surface area contributed by atoms with E-state index < -0.39 is 11.7 Å². The third kappa shape index (κ3) is 4.37. The van der Waals surface area contributed by atoms with Gasteiger partial charge in [0.2, 0.25) is 11.8 Å². The quantitative estimate of drug-likeness (QED) is 0.629. The van der Waals surface area contributed by atoms with Crippen LogP contribution in [0.3, 0.4) is 0 Å². The molecule has 6 nitrogen and oxygen atoms in total. The predicted octanol–water partition coefficient (Wildman–Crippen LogP) is 4.38. The lowest BCUT2D eigenvalue weighted by Gasteiger charge is -2.18. The van der Waals surface area contributed by atoms with Crippen LogP contribution in [0.25, 0.3) is 0 Å². The molecule has 1 atom stereocenters. The van der Waals surface area contributed by atoms with Crippen LogP contribution >= 0.6 is 0 Å². The highest BCUT2D eigenvalue weighted by molar-refractivity contribution is 6.08. The van der Waals surface area contributed by atoms with Gasteiger partial charge in [-0.3, -0.25) is 14.4 Å². The molecular formula is C25H22FN3O3. The van der Waals surface area contributed by atoms with Crippen molar-refractivity contribution in [3.63, 3.8) is 0 Å². The number of rotatable bonds is 5. The summed E-state index contributed by atoms with van der Waals surface area (Å²) in [5, 5.41) is 5.66. The van der Waals surface area contributed by atoms with Crippen LogP contribution in [0.5, 0.6) is 0 Å². The summed E-state index contributed by atoms with van der Waals surface area (Å²) in [7, 11) is 0. The molecule has 0 bridgehead atoms. The van der Waals surface area contributed by atoms with Gasteiger partial charge in [0.05, 0.1) is 11.6 Å². The molecule has 1 aliphatic heterocycles. The zero-order valence-corrected chi connectivity index (χ0v) is 17.5. The minimum atomic E-state index is -0.622. The van der Waals surface area contributed by atoms with Crippen molar-refractivity contribution in [1.29, 1.82) is 0 Å². The molecule has 3 aromatic rings. The molecule has 3 amide bonds. The van der Waals surface area contributed by atoms with E-state index in [1.165, 1.54) is 17.0 Å². The Morgan fingerprint density at radius 3 is 2.41 bits per heavy atom. The van der Waals surface area contributed by atoms with Crippen LogP contribution in [-0.4, -0.2) is 24.3 Å². The second kappa shape index (κ2) is 9.01. The van der Waals surface area contributed by atoms with Gasteiger partial charge in [0, 0.05) is 29.9 Å². The number of para-hydroxylation sites is 2. The molecule has 0 aromatic heterocycles. The monoisotopic (exact) mass is 431 g/mol. The molecule has 7 heteroatoms. The Morgan fingerprint density at radius 2 is 1.66 bits per heavy atom. The summed E-state index contributed by atoms with van der Waals surface area (Å²) in [5.41, 5.74) is 2.38. The number of anilines is 3. The molecule has 32 heavy (non-hydrogen) atoms. The molecule has 0 aliphatic carbocycles. The SMILES string of the molecule is Cc1c(NC(=O)C2CC(=O)N(c3ccccc3F)C2)cccc1C(=O)Nc1ccccc1. The van der Waals surface area contributed by atoms with E-state index in [-0.39, 0.29) is 36.4 Å². The Kier molecular flexibility index (Phi) is 5.98. The van der Waals surface area contributed by atoms with Gasteiger partial charge in [0.15, 0.2) is 0 Å². The average molecular weight is 431 g/mol. The van der Waals surface area contributed by atoms with E-state index in [9.17, 15) is 18.8 Å². The molecule has 0 spiro atoms. The van der Waals surface area contributed by atoms with E-state index in [0.29, 0.717) is 22.5 Å². The third-order valence-electron chi connectivity index (χ3n) is 5.51. The highest BCUT2D eigenvalue weighted by atomic mass is 19.1. The Hall–Kier alpha value is -4.00. The fraction of sp³-hybridized carbons (Fsp3) is 0.160. The zero-order valence-electron chi connectivity index (χ0n) is 17.5. The summed E-state index contributed by atoms with van der Waals surface area (Å²) >= 11 is 0. The van der Waals surface area contributed by atoms with E-state index in [1.54, 1.807) is 49.4 Å². The molecule has 3 aromatic carbocycles. The molecule has 1 aliphatic rings. The first-order valence-corrected chi connectivity index (χ1v) is 10.3. The van der Waals surface area contributed by atoms with E-state index in [0.717, 1.165) is 0 Å². The van der Waals surface area contributed by atoms with Crippen molar-refractivity contribution in [3.05, 3.63) is 89.7 Å². The van der Waals surface area contributed by atoms with Crippen molar-refractivity contribution in [2.75, 3.05) is 22.1 Å². The second-order valence-electron chi connectivity index (χ2n) is 7.64. The number of amides is 3. The maximum Gasteiger partial charge on any atom is 0.256 e. The smallest absolute Gasteiger partial charge is 0.256 e. The Labute approximate surface area is 185 Å². The van der Waals surface area contributed by atoms with Crippen molar-refractivity contribution in [1.82, 2.24) is 0 Å². The molecule has 1 heterocycles. The number of hydrogen-bond donors (Lipinski definition) is 2. The van der Waals surface area contributed by atoms with E-state index in [4.69, 9.17) is 0 Å². The second-order valence-corrected chi connectivity index (χ2v) is 7.64. The van der Waals surface area contributed by atoms with Gasteiger partial charge in [-0.2, -0.15) is 0 Å². The van der Waals surface area contributed by atoms with Gasteiger partial charge in [0.25, 0.3) is 5.91 Å². The Bertz CT molecular complexity index is 1180. The molecule has 0 radical (unpaired) electrons. The first-order valence-electron chi connectivity index (χ1n) is 10.3. The predicted molar refractivity (Wildman–Crippen MR) is 121 cm³/mol. The zero-order chi connectivity index (χ0) is 22.7. The number of halogens is 1. The molecule has 2 N–H and O–H groups in total. The first kappa shape index (κ1) is 21.2. The van der Waals surface area contributed by atoms with Crippen LogP contribution in [0, 0.1) is 18.7 Å². The van der Waals surface area contributed by atoms with Crippen LogP contribution in [0.1, 0.15) is 22.3 Å². The van der Waals surface area contributed by atoms with Gasteiger partial charge in [-0.05, 0) is 48.9 Å². The number of benzene rings is 3. The van der Waals surface area contributed by atoms with E-state index in [1.807, 2.05) is 18.2 Å². The van der Waals surface area contributed by atoms with Gasteiger partial charge in [-0.1, -0.05) is 36.4 Å². The Balaban J connectivity index is 1.47. The van der Waals surface area contributed by atoms with Crippen LogP contribution in [0.2, 0.25) is 0 Å². The summed E-state index contributed by atoms with van der Waals surface area (Å²) in [6.45, 7) is 1.85. The van der Waals surface area contributed by atoms with Crippen molar-refractivity contribution >= 4 is 34.8 Å². The summed E-state index contributed by atoms with van der Waals surface area (Å²) in [5.74, 6) is -2.06. The van der Waals surface area contributed by atoms with Gasteiger partial charge >= 0.3 is 0 Å². The largest absolute Gasteiger partial charge is 0.326 e. The van der Waals surface area contributed by atoms with Gasteiger partial charge in [-0.15, -0.1) is 0 Å². The van der Waals surface area contributed by atoms with Crippen molar-refractivity contribution in [3.8, 4) is 0 Å². The number of nitrogens with zero attached hydrogens (tertiary/aromatic N) is 1. The number of carbonyl (C=O) groups is 3. The summed E-state index contributed by atoms with van der Waals surface area (Å²) in [6.07, 6.45) is -0.00655. The van der Waals surface area contributed by atoms with Crippen LogP contribution < -0.4 is 15.5 Å². The van der Waals surface area contributed by atoms with Gasteiger partial charge in [0.1, 0.15) is 5.82 Å². The first-order chi connectivity index (χ1) is 15.4. The molecule has 4 rings (SSSR count). The molecular weight excluding hydrogens is 409 g/mol. The molecule has 1 unspecified atom stereocenters. The van der Waals surface area contributed by atoms with E-state index >= 15 is 0 Å². The number of hydrogen-bond acceptors (Lipinski definition) is 3. The average Bonchev–Trinajstić information content (AvgIpc) is 3.17. The lowest BCUT2D eigenvalue weighted by Crippen LogP contribution is -2.29. The summed E-state index contributed by atoms with van der Waals surface area (Å²) in [6, 6.07) is 20.2. The maximum atomic E-state index is 14.1. The molecule has 0 saturated carbocycles. The van der Waals surface area contributed by atoms with Crippen molar-refractivity contribution in [2.45, 2.75) is 13.3 Å². The summed E-state index contributed by atoms with van der Waals surface area (Å²) in [4.78, 5) is 39.3. The summed E-state index contributed by atoms with van der Waals surface area (Å²) < 4.78 is 14.1.